The fourth-order valence-corrected chi connectivity index (χ4v) is 4.18. The van der Waals surface area contributed by atoms with Gasteiger partial charge in [0.05, 0.1) is 17.8 Å². The average molecular weight is 476 g/mol. The summed E-state index contributed by atoms with van der Waals surface area (Å²) in [5, 5.41) is 8.32. The highest BCUT2D eigenvalue weighted by Gasteiger charge is 2.31. The Labute approximate surface area is 203 Å². The number of fused-ring (bicyclic) bond motifs is 2. The molecule has 2 heterocycles. The summed E-state index contributed by atoms with van der Waals surface area (Å²) in [5.41, 5.74) is 10.1. The van der Waals surface area contributed by atoms with E-state index in [1.165, 1.54) is 4.68 Å². The van der Waals surface area contributed by atoms with Crippen LogP contribution in [0.3, 0.4) is 0 Å². The van der Waals surface area contributed by atoms with E-state index >= 15 is 0 Å². The average Bonchev–Trinajstić information content (AvgIpc) is 3.28. The molecule has 1 aromatic heterocycles. The van der Waals surface area contributed by atoms with Crippen LogP contribution in [0.2, 0.25) is 0 Å². The number of carbonyl (C=O) groups is 3. The number of anilines is 1. The normalized spacial score (nSPS) is 13.2. The zero-order chi connectivity index (χ0) is 25.7. The predicted octanol–water partition coefficient (Wildman–Crippen LogP) is 3.83. The van der Waals surface area contributed by atoms with Gasteiger partial charge in [-0.15, -0.1) is 0 Å². The van der Waals surface area contributed by atoms with E-state index in [1.54, 1.807) is 38.8 Å². The molecule has 9 heteroatoms. The summed E-state index contributed by atoms with van der Waals surface area (Å²) in [4.78, 5) is 38.8. The van der Waals surface area contributed by atoms with Gasteiger partial charge in [-0.3, -0.25) is 9.59 Å². The molecular weight excluding hydrogens is 446 g/mol. The standard InChI is InChI=1S/C26H29N5O4/c1-14(23(27)32)12-30-13-21-19(10-17(28-6)11-20(21)24(30)33)16-7-8-22-18(9-16)15(2)29-31(22)25(34)35-26(3,4)5/h7-11,28H,1,12-13H2,2-6H3,(H2,27,32). The summed E-state index contributed by atoms with van der Waals surface area (Å²) in [6, 6.07) is 9.47. The van der Waals surface area contributed by atoms with Crippen LogP contribution in [0.15, 0.2) is 42.5 Å². The molecule has 0 atom stereocenters. The lowest BCUT2D eigenvalue weighted by Gasteiger charge is -2.19. The third kappa shape index (κ3) is 4.49. The highest BCUT2D eigenvalue weighted by Crippen LogP contribution is 2.37. The Morgan fingerprint density at radius 2 is 1.89 bits per heavy atom. The molecule has 0 aliphatic carbocycles. The smallest absolute Gasteiger partial charge is 0.435 e. The largest absolute Gasteiger partial charge is 0.442 e. The molecule has 3 aromatic rings. The molecule has 9 nitrogen and oxygen atoms in total. The Bertz CT molecular complexity index is 1400. The molecule has 0 spiro atoms. The van der Waals surface area contributed by atoms with Crippen LogP contribution in [0.1, 0.15) is 42.4 Å². The summed E-state index contributed by atoms with van der Waals surface area (Å²) < 4.78 is 6.77. The Balaban J connectivity index is 1.78. The number of benzene rings is 2. The summed E-state index contributed by atoms with van der Waals surface area (Å²) in [6.45, 7) is 11.3. The van der Waals surface area contributed by atoms with Crippen LogP contribution < -0.4 is 11.1 Å². The molecule has 2 amide bonds. The van der Waals surface area contributed by atoms with Crippen LogP contribution in [0.5, 0.6) is 0 Å². The number of hydrogen-bond acceptors (Lipinski definition) is 6. The molecule has 182 valence electrons. The van der Waals surface area contributed by atoms with Gasteiger partial charge >= 0.3 is 6.09 Å². The molecule has 0 saturated carbocycles. The van der Waals surface area contributed by atoms with Crippen LogP contribution in [0.4, 0.5) is 10.5 Å². The Kier molecular flexibility index (Phi) is 5.88. The maximum atomic E-state index is 13.1. The number of rotatable bonds is 5. The van der Waals surface area contributed by atoms with Crippen molar-refractivity contribution in [1.29, 1.82) is 0 Å². The second-order valence-electron chi connectivity index (χ2n) is 9.64. The van der Waals surface area contributed by atoms with Crippen LogP contribution >= 0.6 is 0 Å². The number of nitrogens with one attached hydrogen (secondary N) is 1. The van der Waals surface area contributed by atoms with Gasteiger partial charge in [-0.1, -0.05) is 12.6 Å². The molecule has 4 rings (SSSR count). The lowest BCUT2D eigenvalue weighted by molar-refractivity contribution is -0.114. The first-order valence-corrected chi connectivity index (χ1v) is 11.2. The van der Waals surface area contributed by atoms with Crippen molar-refractivity contribution in [2.24, 2.45) is 5.73 Å². The highest BCUT2D eigenvalue weighted by molar-refractivity contribution is 6.03. The fraction of sp³-hybridized carbons (Fsp3) is 0.308. The molecule has 35 heavy (non-hydrogen) atoms. The second kappa shape index (κ2) is 8.57. The monoisotopic (exact) mass is 475 g/mol. The minimum atomic E-state index is -0.643. The van der Waals surface area contributed by atoms with Gasteiger partial charge in [0.2, 0.25) is 5.91 Å². The number of nitrogens with two attached hydrogens (primary N) is 1. The van der Waals surface area contributed by atoms with Crippen molar-refractivity contribution >= 4 is 34.5 Å². The minimum Gasteiger partial charge on any atom is -0.442 e. The zero-order valence-electron chi connectivity index (χ0n) is 20.6. The number of aryl methyl sites for hydroxylation is 1. The van der Waals surface area contributed by atoms with Gasteiger partial charge in [-0.2, -0.15) is 9.78 Å². The Morgan fingerprint density at radius 1 is 1.20 bits per heavy atom. The number of carbonyl (C=O) groups excluding carboxylic acids is 3. The van der Waals surface area contributed by atoms with Crippen molar-refractivity contribution in [2.45, 2.75) is 39.8 Å². The van der Waals surface area contributed by atoms with E-state index in [2.05, 4.69) is 17.0 Å². The molecule has 0 fully saturated rings. The lowest BCUT2D eigenvalue weighted by atomic mass is 9.95. The van der Waals surface area contributed by atoms with Crippen LogP contribution in [-0.4, -0.2) is 51.8 Å². The van der Waals surface area contributed by atoms with Crippen molar-refractivity contribution in [1.82, 2.24) is 14.7 Å². The van der Waals surface area contributed by atoms with E-state index in [4.69, 9.17) is 10.5 Å². The molecule has 0 unspecified atom stereocenters. The Hall–Kier alpha value is -4.14. The zero-order valence-corrected chi connectivity index (χ0v) is 20.6. The van der Waals surface area contributed by atoms with Gasteiger partial charge in [0, 0.05) is 35.8 Å². The van der Waals surface area contributed by atoms with E-state index in [0.717, 1.165) is 27.8 Å². The molecule has 3 N–H and O–H groups in total. The van der Waals surface area contributed by atoms with Crippen molar-refractivity contribution in [3.05, 3.63) is 59.3 Å². The van der Waals surface area contributed by atoms with Gasteiger partial charge in [-0.25, -0.2) is 4.79 Å². The number of aromatic nitrogens is 2. The number of ether oxygens (including phenoxy) is 1. The van der Waals surface area contributed by atoms with E-state index in [9.17, 15) is 14.4 Å². The SMILES string of the molecule is C=C(CN1Cc2c(cc(NC)cc2-c2ccc3c(c2)c(C)nn3C(=O)OC(C)(C)C)C1=O)C(N)=O. The molecule has 0 bridgehead atoms. The van der Waals surface area contributed by atoms with E-state index in [1.807, 2.05) is 31.2 Å². The third-order valence-electron chi connectivity index (χ3n) is 5.88. The van der Waals surface area contributed by atoms with E-state index in [0.29, 0.717) is 23.3 Å². The molecule has 1 aliphatic heterocycles. The van der Waals surface area contributed by atoms with E-state index < -0.39 is 17.6 Å². The molecule has 0 radical (unpaired) electrons. The fourth-order valence-electron chi connectivity index (χ4n) is 4.18. The molecule has 0 saturated heterocycles. The summed E-state index contributed by atoms with van der Waals surface area (Å²) in [5.74, 6) is -0.816. The first kappa shape index (κ1) is 24.0. The third-order valence-corrected chi connectivity index (χ3v) is 5.88. The number of nitrogens with zero attached hydrogens (tertiary/aromatic N) is 3. The summed E-state index contributed by atoms with van der Waals surface area (Å²) in [7, 11) is 1.79. The lowest BCUT2D eigenvalue weighted by Crippen LogP contribution is -2.30. The number of hydrogen-bond donors (Lipinski definition) is 2. The Morgan fingerprint density at radius 3 is 2.51 bits per heavy atom. The predicted molar refractivity (Wildman–Crippen MR) is 134 cm³/mol. The van der Waals surface area contributed by atoms with Gasteiger partial charge in [0.1, 0.15) is 5.60 Å². The topological polar surface area (TPSA) is 120 Å². The van der Waals surface area contributed by atoms with Crippen molar-refractivity contribution in [3.63, 3.8) is 0 Å². The van der Waals surface area contributed by atoms with Gasteiger partial charge in [0.15, 0.2) is 0 Å². The van der Waals surface area contributed by atoms with Crippen LogP contribution in [0.25, 0.3) is 22.0 Å². The number of primary amides is 1. The first-order valence-electron chi connectivity index (χ1n) is 11.2. The maximum Gasteiger partial charge on any atom is 0.435 e. The molecular formula is C26H29N5O4. The van der Waals surface area contributed by atoms with Crippen molar-refractivity contribution in [3.8, 4) is 11.1 Å². The molecule has 2 aromatic carbocycles. The summed E-state index contributed by atoms with van der Waals surface area (Å²) in [6.07, 6.45) is -0.544. The van der Waals surface area contributed by atoms with Crippen LogP contribution in [-0.2, 0) is 16.1 Å². The van der Waals surface area contributed by atoms with Crippen molar-refractivity contribution in [2.75, 3.05) is 18.9 Å². The van der Waals surface area contributed by atoms with Gasteiger partial charge in [0.25, 0.3) is 5.91 Å². The first-order chi connectivity index (χ1) is 16.4. The van der Waals surface area contributed by atoms with Crippen molar-refractivity contribution < 1.29 is 19.1 Å². The number of amides is 2. The quantitative estimate of drug-likeness (QED) is 0.541. The van der Waals surface area contributed by atoms with Gasteiger partial charge in [-0.05, 0) is 68.7 Å². The molecule has 1 aliphatic rings. The summed E-state index contributed by atoms with van der Waals surface area (Å²) >= 11 is 0. The second-order valence-corrected chi connectivity index (χ2v) is 9.64. The van der Waals surface area contributed by atoms with E-state index in [-0.39, 0.29) is 18.0 Å². The minimum absolute atomic E-state index is 0.0674. The maximum absolute atomic E-state index is 13.1. The van der Waals surface area contributed by atoms with Gasteiger partial charge < -0.3 is 20.7 Å². The van der Waals surface area contributed by atoms with Crippen LogP contribution in [0, 0.1) is 6.92 Å². The highest BCUT2D eigenvalue weighted by atomic mass is 16.6.